The number of hydrogen-bond acceptors (Lipinski definition) is 0. The molecule has 0 saturated carbocycles. The first-order valence-electron chi connectivity index (χ1n) is 1.65. The molecule has 1 aromatic heterocycles. The molecule has 7 heavy (non-hydrogen) atoms. The summed E-state index contributed by atoms with van der Waals surface area (Å²) >= 11 is 6.79. The van der Waals surface area contributed by atoms with Crippen LogP contribution in [0.5, 0.6) is 0 Å². The van der Waals surface area contributed by atoms with Gasteiger partial charge in [0.05, 0.1) is 4.20 Å². The van der Waals surface area contributed by atoms with Crippen LogP contribution in [0.3, 0.4) is 0 Å². The maximum Gasteiger partial charge on any atom is 0.0526 e. The molecule has 1 aromatic rings. The van der Waals surface area contributed by atoms with Gasteiger partial charge in [-0.05, 0) is 37.7 Å². The smallest absolute Gasteiger partial charge is 0.0526 e. The van der Waals surface area contributed by atoms with Crippen LogP contribution in [0.4, 0.5) is 0 Å². The molecule has 0 fully saturated rings. The van der Waals surface area contributed by atoms with Gasteiger partial charge in [-0.25, -0.2) is 0 Å². The van der Waals surface area contributed by atoms with E-state index >= 15 is 0 Å². The molecule has 0 radical (unpaired) electrons. The minimum absolute atomic E-state index is 0.929. The Labute approximate surface area is 62.0 Å². The van der Waals surface area contributed by atoms with Crippen molar-refractivity contribution < 1.29 is 0 Å². The van der Waals surface area contributed by atoms with E-state index < -0.39 is 0 Å². The largest absolute Gasteiger partial charge is 0.0946 e. The molecular formula is C3H2Br2P2. The number of hydrogen-bond donors (Lipinski definition) is 0. The van der Waals surface area contributed by atoms with Gasteiger partial charge in [-0.1, -0.05) is 15.7 Å². The highest BCUT2D eigenvalue weighted by molar-refractivity contribution is 9.13. The summed E-state index contributed by atoms with van der Waals surface area (Å²) in [7, 11) is 2.34. The second kappa shape index (κ2) is 2.64. The Morgan fingerprint density at radius 3 is 2.43 bits per heavy atom. The quantitative estimate of drug-likeness (QED) is 0.664. The molecular weight excluding hydrogens is 258 g/mol. The maximum absolute atomic E-state index is 3.41. The van der Waals surface area contributed by atoms with Crippen LogP contribution in [-0.2, 0) is 0 Å². The third-order valence-electron chi connectivity index (χ3n) is 0.550. The predicted octanol–water partition coefficient (Wildman–Crippen LogP) is 3.82. The molecule has 0 N–H and O–H groups in total. The first kappa shape index (κ1) is 6.29. The molecule has 38 valence electrons. The lowest BCUT2D eigenvalue weighted by Crippen LogP contribution is -1.43. The summed E-state index contributed by atoms with van der Waals surface area (Å²) in [6.45, 7) is 0. The minimum atomic E-state index is 0.929. The molecule has 1 atom stereocenters. The summed E-state index contributed by atoms with van der Waals surface area (Å²) < 4.78 is 2.54. The maximum atomic E-state index is 3.41. The standard InChI is InChI=1S/C3H2Br2P2/c4-2-1-6-7-3(2)5/h1,7H. The van der Waals surface area contributed by atoms with Gasteiger partial charge in [-0.3, -0.25) is 0 Å². The minimum Gasteiger partial charge on any atom is -0.0946 e. The fourth-order valence-corrected chi connectivity index (χ4v) is 5.10. The second-order valence-electron chi connectivity index (χ2n) is 1.03. The van der Waals surface area contributed by atoms with Crippen molar-refractivity contribution in [1.29, 1.82) is 0 Å². The summed E-state index contributed by atoms with van der Waals surface area (Å²) in [6, 6.07) is 0. The van der Waals surface area contributed by atoms with Gasteiger partial charge in [-0.2, -0.15) is 0 Å². The van der Waals surface area contributed by atoms with Gasteiger partial charge < -0.3 is 0 Å². The Morgan fingerprint density at radius 2 is 2.29 bits per heavy atom. The van der Waals surface area contributed by atoms with Crippen LogP contribution in [-0.4, -0.2) is 0 Å². The average molecular weight is 260 g/mol. The summed E-state index contributed by atoms with van der Waals surface area (Å²) in [4.78, 5) is 0. The topological polar surface area (TPSA) is 0 Å². The van der Waals surface area contributed by atoms with E-state index in [0.717, 1.165) is 7.87 Å². The Hall–Kier alpha value is 1.17. The van der Waals surface area contributed by atoms with Crippen LogP contribution in [0.15, 0.2) is 14.5 Å². The van der Waals surface area contributed by atoms with Crippen molar-refractivity contribution in [3.05, 3.63) is 14.5 Å². The molecule has 0 amide bonds. The van der Waals surface area contributed by atoms with Gasteiger partial charge >= 0.3 is 0 Å². The Balaban J connectivity index is 3.12. The fraction of sp³-hybridized carbons (Fsp3) is 0. The van der Waals surface area contributed by atoms with Crippen LogP contribution in [0, 0.1) is 0 Å². The van der Waals surface area contributed by atoms with Crippen molar-refractivity contribution in [3.63, 3.8) is 0 Å². The van der Waals surface area contributed by atoms with Crippen LogP contribution in [0.2, 0.25) is 0 Å². The van der Waals surface area contributed by atoms with Crippen molar-refractivity contribution in [2.45, 2.75) is 0 Å². The molecule has 0 aliphatic heterocycles. The molecule has 0 nitrogen and oxygen atoms in total. The highest BCUT2D eigenvalue weighted by Crippen LogP contribution is 2.39. The molecule has 0 aliphatic rings. The lowest BCUT2D eigenvalue weighted by atomic mass is 10.8. The summed E-state index contributed by atoms with van der Waals surface area (Å²) in [6.07, 6.45) is 0. The van der Waals surface area contributed by atoms with Gasteiger partial charge in [0, 0.05) is 4.47 Å². The van der Waals surface area contributed by atoms with Crippen molar-refractivity contribution in [2.24, 2.45) is 0 Å². The average Bonchev–Trinajstić information content (AvgIpc) is 1.91. The first-order valence-corrected chi connectivity index (χ1v) is 6.04. The molecule has 1 heterocycles. The molecule has 0 aliphatic carbocycles. The SMILES string of the molecule is Brc1cp[pH]c1Br. The van der Waals surface area contributed by atoms with E-state index in [1.165, 1.54) is 16.5 Å². The summed E-state index contributed by atoms with van der Waals surface area (Å²) in [5.41, 5.74) is 0. The highest BCUT2D eigenvalue weighted by atomic mass is 79.9. The lowest BCUT2D eigenvalue weighted by Gasteiger charge is -1.75. The van der Waals surface area contributed by atoms with E-state index in [1.54, 1.807) is 0 Å². The zero-order valence-corrected chi connectivity index (χ0v) is 8.35. The van der Waals surface area contributed by atoms with E-state index in [9.17, 15) is 0 Å². The van der Waals surface area contributed by atoms with Crippen LogP contribution >= 0.6 is 47.6 Å². The van der Waals surface area contributed by atoms with E-state index in [0.29, 0.717) is 0 Å². The molecule has 0 saturated heterocycles. The third-order valence-corrected chi connectivity index (χ3v) is 6.80. The van der Waals surface area contributed by atoms with Crippen molar-refractivity contribution in [1.82, 2.24) is 0 Å². The summed E-state index contributed by atoms with van der Waals surface area (Å²) in [5, 5.41) is 0. The van der Waals surface area contributed by atoms with E-state index in [4.69, 9.17) is 0 Å². The molecule has 0 aromatic carbocycles. The Bertz CT molecular complexity index is 143. The zero-order chi connectivity index (χ0) is 5.28. The molecule has 4 heteroatoms. The number of rotatable bonds is 0. The lowest BCUT2D eigenvalue weighted by molar-refractivity contribution is 1.89. The Kier molecular flexibility index (Phi) is 2.37. The highest BCUT2D eigenvalue weighted by Gasteiger charge is 1.90. The van der Waals surface area contributed by atoms with Crippen molar-refractivity contribution >= 4 is 47.6 Å². The monoisotopic (exact) mass is 258 g/mol. The van der Waals surface area contributed by atoms with E-state index in [1.807, 2.05) is 0 Å². The number of halogens is 2. The second-order valence-corrected chi connectivity index (χ2v) is 6.10. The van der Waals surface area contributed by atoms with Crippen molar-refractivity contribution in [3.8, 4) is 0 Å². The van der Waals surface area contributed by atoms with Crippen LogP contribution in [0.1, 0.15) is 0 Å². The Morgan fingerprint density at radius 1 is 1.57 bits per heavy atom. The van der Waals surface area contributed by atoms with Gasteiger partial charge in [0.15, 0.2) is 0 Å². The van der Waals surface area contributed by atoms with Crippen molar-refractivity contribution in [2.75, 3.05) is 0 Å². The third kappa shape index (κ3) is 1.54. The fourth-order valence-electron chi connectivity index (χ4n) is 0.256. The van der Waals surface area contributed by atoms with Gasteiger partial charge in [0.2, 0.25) is 0 Å². The molecule has 1 rings (SSSR count). The van der Waals surface area contributed by atoms with Gasteiger partial charge in [0.1, 0.15) is 0 Å². The first-order chi connectivity index (χ1) is 3.30. The normalized spacial score (nSPS) is 11.7. The zero-order valence-electron chi connectivity index (χ0n) is 3.28. The van der Waals surface area contributed by atoms with Crippen LogP contribution < -0.4 is 0 Å². The molecule has 0 bridgehead atoms. The molecule has 1 unspecified atom stereocenters. The predicted molar refractivity (Wildman–Crippen MR) is 43.9 cm³/mol. The molecule has 0 spiro atoms. The van der Waals surface area contributed by atoms with Crippen LogP contribution in [0.25, 0.3) is 0 Å². The van der Waals surface area contributed by atoms with Gasteiger partial charge in [-0.15, -0.1) is 0 Å². The van der Waals surface area contributed by atoms with E-state index in [2.05, 4.69) is 37.7 Å². The van der Waals surface area contributed by atoms with E-state index in [-0.39, 0.29) is 0 Å². The van der Waals surface area contributed by atoms with Gasteiger partial charge in [0.25, 0.3) is 0 Å². The summed E-state index contributed by atoms with van der Waals surface area (Å²) in [5.74, 6) is 2.16.